The predicted octanol–water partition coefficient (Wildman–Crippen LogP) is 2.82. The molecule has 3 rings (SSSR count). The SMILES string of the molecule is CC1C=C(C(=O)O)C=C2C1=Nc1ccccc12. The van der Waals surface area contributed by atoms with Crippen LogP contribution in [0.3, 0.4) is 0 Å². The van der Waals surface area contributed by atoms with Gasteiger partial charge in [0.05, 0.1) is 17.0 Å². The first-order chi connectivity index (χ1) is 8.16. The Morgan fingerprint density at radius 1 is 1.35 bits per heavy atom. The highest BCUT2D eigenvalue weighted by atomic mass is 16.4. The smallest absolute Gasteiger partial charge is 0.335 e. The zero-order chi connectivity index (χ0) is 12.0. The van der Waals surface area contributed by atoms with E-state index in [2.05, 4.69) is 4.99 Å². The van der Waals surface area contributed by atoms with E-state index in [4.69, 9.17) is 5.11 Å². The number of rotatable bonds is 1. The van der Waals surface area contributed by atoms with E-state index in [0.29, 0.717) is 5.57 Å². The summed E-state index contributed by atoms with van der Waals surface area (Å²) in [5.74, 6) is -0.832. The molecule has 1 aromatic rings. The topological polar surface area (TPSA) is 49.7 Å². The van der Waals surface area contributed by atoms with Crippen LogP contribution < -0.4 is 0 Å². The van der Waals surface area contributed by atoms with Gasteiger partial charge in [-0.3, -0.25) is 4.99 Å². The summed E-state index contributed by atoms with van der Waals surface area (Å²) < 4.78 is 0. The van der Waals surface area contributed by atoms with Gasteiger partial charge in [-0.15, -0.1) is 0 Å². The predicted molar refractivity (Wildman–Crippen MR) is 66.4 cm³/mol. The van der Waals surface area contributed by atoms with Crippen LogP contribution in [0.25, 0.3) is 5.57 Å². The molecule has 0 bridgehead atoms. The van der Waals surface area contributed by atoms with Crippen molar-refractivity contribution in [2.75, 3.05) is 0 Å². The molecule has 1 aliphatic heterocycles. The van der Waals surface area contributed by atoms with Crippen molar-refractivity contribution in [3.05, 3.63) is 47.6 Å². The van der Waals surface area contributed by atoms with E-state index in [9.17, 15) is 4.79 Å². The Balaban J connectivity index is 2.18. The maximum Gasteiger partial charge on any atom is 0.335 e. The number of fused-ring (bicyclic) bond motifs is 3. The lowest BCUT2D eigenvalue weighted by molar-refractivity contribution is -0.132. The van der Waals surface area contributed by atoms with Crippen LogP contribution in [0, 0.1) is 5.92 Å². The molecule has 1 heterocycles. The molecule has 1 aromatic carbocycles. The number of hydrogen-bond acceptors (Lipinski definition) is 2. The molecule has 0 aromatic heterocycles. The Morgan fingerprint density at radius 3 is 2.88 bits per heavy atom. The van der Waals surface area contributed by atoms with Crippen molar-refractivity contribution in [1.82, 2.24) is 0 Å². The average Bonchev–Trinajstić information content (AvgIpc) is 2.68. The Morgan fingerprint density at radius 2 is 2.12 bits per heavy atom. The van der Waals surface area contributed by atoms with Crippen LogP contribution in [0.2, 0.25) is 0 Å². The number of benzene rings is 1. The van der Waals surface area contributed by atoms with Gasteiger partial charge in [0.1, 0.15) is 0 Å². The van der Waals surface area contributed by atoms with Gasteiger partial charge in [0.25, 0.3) is 0 Å². The van der Waals surface area contributed by atoms with Gasteiger partial charge in [0.2, 0.25) is 0 Å². The van der Waals surface area contributed by atoms with Crippen LogP contribution >= 0.6 is 0 Å². The fourth-order valence-corrected chi connectivity index (χ4v) is 2.31. The number of para-hydroxylation sites is 1. The summed E-state index contributed by atoms with van der Waals surface area (Å²) in [7, 11) is 0. The van der Waals surface area contributed by atoms with Crippen molar-refractivity contribution in [3.63, 3.8) is 0 Å². The van der Waals surface area contributed by atoms with Crippen LogP contribution in [0.15, 0.2) is 47.0 Å². The van der Waals surface area contributed by atoms with E-state index in [-0.39, 0.29) is 5.92 Å². The molecule has 0 radical (unpaired) electrons. The molecule has 1 aliphatic carbocycles. The van der Waals surface area contributed by atoms with E-state index < -0.39 is 5.97 Å². The van der Waals surface area contributed by atoms with Gasteiger partial charge in [-0.25, -0.2) is 4.79 Å². The zero-order valence-electron chi connectivity index (χ0n) is 9.34. The maximum absolute atomic E-state index is 11.0. The summed E-state index contributed by atoms with van der Waals surface area (Å²) in [6, 6.07) is 7.82. The van der Waals surface area contributed by atoms with Gasteiger partial charge in [0.15, 0.2) is 0 Å². The molecule has 17 heavy (non-hydrogen) atoms. The molecule has 0 saturated carbocycles. The van der Waals surface area contributed by atoms with Crippen LogP contribution in [0.5, 0.6) is 0 Å². The molecule has 1 atom stereocenters. The van der Waals surface area contributed by atoms with Crippen molar-refractivity contribution in [2.45, 2.75) is 6.92 Å². The van der Waals surface area contributed by atoms with Gasteiger partial charge in [-0.1, -0.05) is 31.2 Å². The molecule has 1 unspecified atom stereocenters. The molecule has 3 heteroatoms. The highest BCUT2D eigenvalue weighted by Crippen LogP contribution is 2.39. The number of aliphatic carboxylic acids is 1. The van der Waals surface area contributed by atoms with Gasteiger partial charge >= 0.3 is 5.97 Å². The normalized spacial score (nSPS) is 21.0. The molecule has 1 N–H and O–H groups in total. The Bertz CT molecular complexity index is 608. The van der Waals surface area contributed by atoms with Gasteiger partial charge in [-0.2, -0.15) is 0 Å². The van der Waals surface area contributed by atoms with Crippen LogP contribution in [0.4, 0.5) is 5.69 Å². The molecule has 0 spiro atoms. The van der Waals surface area contributed by atoms with E-state index in [0.717, 1.165) is 22.5 Å². The minimum Gasteiger partial charge on any atom is -0.478 e. The first-order valence-corrected chi connectivity index (χ1v) is 5.52. The largest absolute Gasteiger partial charge is 0.478 e. The number of carboxylic acid groups (broad SMARTS) is 1. The number of nitrogens with zero attached hydrogens (tertiary/aromatic N) is 1. The van der Waals surface area contributed by atoms with Crippen LogP contribution in [0.1, 0.15) is 12.5 Å². The summed E-state index contributed by atoms with van der Waals surface area (Å²) in [6.45, 7) is 1.97. The quantitative estimate of drug-likeness (QED) is 0.798. The van der Waals surface area contributed by atoms with Gasteiger partial charge in [-0.05, 0) is 12.1 Å². The molecule has 84 valence electrons. The van der Waals surface area contributed by atoms with Crippen molar-refractivity contribution >= 4 is 22.9 Å². The number of allylic oxidation sites excluding steroid dienone is 2. The molecule has 0 saturated heterocycles. The minimum absolute atomic E-state index is 0.0495. The van der Waals surface area contributed by atoms with E-state index in [1.807, 2.05) is 31.2 Å². The first-order valence-electron chi connectivity index (χ1n) is 5.52. The van der Waals surface area contributed by atoms with Crippen molar-refractivity contribution in [3.8, 4) is 0 Å². The van der Waals surface area contributed by atoms with Gasteiger partial charge in [0, 0.05) is 17.1 Å². The second-order valence-electron chi connectivity index (χ2n) is 4.29. The van der Waals surface area contributed by atoms with Crippen molar-refractivity contribution in [1.29, 1.82) is 0 Å². The fraction of sp³-hybridized carbons (Fsp3) is 0.143. The van der Waals surface area contributed by atoms with Crippen LogP contribution in [-0.2, 0) is 4.79 Å². The van der Waals surface area contributed by atoms with E-state index in [1.165, 1.54) is 0 Å². The Hall–Kier alpha value is -2.16. The standard InChI is InChI=1S/C14H11NO2/c1-8-6-9(14(16)17)7-11-10-4-2-3-5-12(10)15-13(8)11/h2-8H,1H3,(H,16,17). The lowest BCUT2D eigenvalue weighted by Crippen LogP contribution is -2.15. The Kier molecular flexibility index (Phi) is 2.01. The number of carboxylic acids is 1. The van der Waals surface area contributed by atoms with Crippen LogP contribution in [-0.4, -0.2) is 16.8 Å². The van der Waals surface area contributed by atoms with E-state index >= 15 is 0 Å². The highest BCUT2D eigenvalue weighted by molar-refractivity contribution is 6.32. The van der Waals surface area contributed by atoms with Crippen molar-refractivity contribution in [2.24, 2.45) is 10.9 Å². The lowest BCUT2D eigenvalue weighted by atomic mass is 9.87. The third-order valence-corrected chi connectivity index (χ3v) is 3.12. The summed E-state index contributed by atoms with van der Waals surface area (Å²) in [6.07, 6.45) is 3.46. The second kappa shape index (κ2) is 3.42. The Labute approximate surface area is 98.8 Å². The summed E-state index contributed by atoms with van der Waals surface area (Å²) in [4.78, 5) is 15.6. The zero-order valence-corrected chi connectivity index (χ0v) is 9.34. The van der Waals surface area contributed by atoms with Gasteiger partial charge < -0.3 is 5.11 Å². The van der Waals surface area contributed by atoms with E-state index in [1.54, 1.807) is 12.2 Å². The summed E-state index contributed by atoms with van der Waals surface area (Å²) in [5.41, 5.74) is 4.23. The average molecular weight is 225 g/mol. The summed E-state index contributed by atoms with van der Waals surface area (Å²) >= 11 is 0. The summed E-state index contributed by atoms with van der Waals surface area (Å²) in [5, 5.41) is 9.07. The molecule has 0 amide bonds. The number of carbonyl (C=O) groups is 1. The molecule has 3 nitrogen and oxygen atoms in total. The third kappa shape index (κ3) is 1.43. The fourth-order valence-electron chi connectivity index (χ4n) is 2.31. The minimum atomic E-state index is -0.882. The maximum atomic E-state index is 11.0. The third-order valence-electron chi connectivity index (χ3n) is 3.12. The second-order valence-corrected chi connectivity index (χ2v) is 4.29. The first kappa shape index (κ1) is 10.0. The molecule has 0 fully saturated rings. The molecular weight excluding hydrogens is 214 g/mol. The molecular formula is C14H11NO2. The number of hydrogen-bond donors (Lipinski definition) is 1. The number of aliphatic imine (C=N–C) groups is 1. The highest BCUT2D eigenvalue weighted by Gasteiger charge is 2.28. The molecule has 2 aliphatic rings. The van der Waals surface area contributed by atoms with Crippen molar-refractivity contribution < 1.29 is 9.90 Å². The monoisotopic (exact) mass is 225 g/mol. The lowest BCUT2D eigenvalue weighted by Gasteiger charge is -2.15.